The summed E-state index contributed by atoms with van der Waals surface area (Å²) in [5.74, 6) is -1.17. The highest BCUT2D eigenvalue weighted by molar-refractivity contribution is 5.85. The Morgan fingerprint density at radius 3 is 2.24 bits per heavy atom. The number of alkyl halides is 3. The number of allylic oxidation sites excluding steroid dienone is 1. The van der Waals surface area contributed by atoms with E-state index in [1.54, 1.807) is 5.32 Å². The fraction of sp³-hybridized carbons (Fsp3) is 0.556. The monoisotopic (exact) mass is 254 g/mol. The number of amides is 2. The van der Waals surface area contributed by atoms with Gasteiger partial charge in [0.05, 0.1) is 12.7 Å². The van der Waals surface area contributed by atoms with Crippen LogP contribution in [0.5, 0.6) is 0 Å². The lowest BCUT2D eigenvalue weighted by atomic mass is 10.4. The first-order valence-corrected chi connectivity index (χ1v) is 4.62. The van der Waals surface area contributed by atoms with E-state index in [0.29, 0.717) is 0 Å². The molecule has 17 heavy (non-hydrogen) atoms. The van der Waals surface area contributed by atoms with Gasteiger partial charge in [0.1, 0.15) is 5.70 Å². The Morgan fingerprint density at radius 1 is 1.35 bits per heavy atom. The van der Waals surface area contributed by atoms with Crippen molar-refractivity contribution in [2.45, 2.75) is 13.1 Å². The summed E-state index contributed by atoms with van der Waals surface area (Å²) in [5.41, 5.74) is -1.46. The van der Waals surface area contributed by atoms with E-state index in [-0.39, 0.29) is 12.7 Å². The highest BCUT2D eigenvalue weighted by Gasteiger charge is 2.36. The lowest BCUT2D eigenvalue weighted by molar-refractivity contribution is -0.138. The van der Waals surface area contributed by atoms with Crippen molar-refractivity contribution in [1.29, 1.82) is 0 Å². The highest BCUT2D eigenvalue weighted by atomic mass is 19.4. The molecule has 0 aliphatic carbocycles. The van der Waals surface area contributed by atoms with Crippen LogP contribution in [0, 0.1) is 0 Å². The van der Waals surface area contributed by atoms with Gasteiger partial charge in [-0.3, -0.25) is 0 Å². The maximum atomic E-state index is 12.4. The number of ether oxygens (including phenoxy) is 1. The predicted octanol–water partition coefficient (Wildman–Crippen LogP) is 1.27. The van der Waals surface area contributed by atoms with Crippen LogP contribution in [0.4, 0.5) is 18.0 Å². The average Bonchev–Trinajstić information content (AvgIpc) is 2.15. The normalized spacial score (nSPS) is 12.0. The van der Waals surface area contributed by atoms with Crippen LogP contribution in [0.1, 0.15) is 6.92 Å². The Kier molecular flexibility index (Phi) is 5.49. The van der Waals surface area contributed by atoms with Gasteiger partial charge in [-0.1, -0.05) is 0 Å². The van der Waals surface area contributed by atoms with Gasteiger partial charge >= 0.3 is 18.2 Å². The quantitative estimate of drug-likeness (QED) is 0.609. The summed E-state index contributed by atoms with van der Waals surface area (Å²) < 4.78 is 41.6. The summed E-state index contributed by atoms with van der Waals surface area (Å²) >= 11 is 0. The number of carbonyl (C=O) groups excluding carboxylic acids is 2. The van der Waals surface area contributed by atoms with Gasteiger partial charge < -0.3 is 15.0 Å². The van der Waals surface area contributed by atoms with E-state index in [2.05, 4.69) is 4.74 Å². The summed E-state index contributed by atoms with van der Waals surface area (Å²) in [5, 5.41) is 1.57. The molecule has 0 radical (unpaired) electrons. The van der Waals surface area contributed by atoms with Gasteiger partial charge in [-0.2, -0.15) is 13.2 Å². The first-order chi connectivity index (χ1) is 7.68. The molecule has 0 aliphatic rings. The van der Waals surface area contributed by atoms with Gasteiger partial charge in [0, 0.05) is 14.1 Å². The molecule has 0 saturated carbocycles. The van der Waals surface area contributed by atoms with Crippen molar-refractivity contribution >= 4 is 12.0 Å². The van der Waals surface area contributed by atoms with Gasteiger partial charge in [-0.05, 0) is 6.92 Å². The fourth-order valence-electron chi connectivity index (χ4n) is 0.718. The Balaban J connectivity index is 4.91. The van der Waals surface area contributed by atoms with Crippen LogP contribution in [-0.2, 0) is 9.53 Å². The first kappa shape index (κ1) is 15.3. The molecule has 0 aliphatic heterocycles. The zero-order valence-corrected chi connectivity index (χ0v) is 9.59. The highest BCUT2D eigenvalue weighted by Crippen LogP contribution is 2.23. The summed E-state index contributed by atoms with van der Waals surface area (Å²) in [6, 6.07) is -0.988. The molecule has 98 valence electrons. The third kappa shape index (κ3) is 5.79. The second kappa shape index (κ2) is 6.12. The molecule has 8 heteroatoms. The SMILES string of the molecule is CCOC(=O)C=C(NC(=O)N(C)C)C(F)(F)F. The maximum Gasteiger partial charge on any atom is 0.431 e. The van der Waals surface area contributed by atoms with Crippen LogP contribution >= 0.6 is 0 Å². The molecule has 0 rings (SSSR count). The number of nitrogens with one attached hydrogen (secondary N) is 1. The number of carbonyl (C=O) groups is 2. The minimum Gasteiger partial charge on any atom is -0.463 e. The van der Waals surface area contributed by atoms with E-state index in [1.165, 1.54) is 21.0 Å². The lowest BCUT2D eigenvalue weighted by Crippen LogP contribution is -2.38. The number of nitrogens with zero attached hydrogens (tertiary/aromatic N) is 1. The van der Waals surface area contributed by atoms with Crippen molar-refractivity contribution in [2.24, 2.45) is 0 Å². The maximum absolute atomic E-state index is 12.4. The fourth-order valence-corrected chi connectivity index (χ4v) is 0.718. The molecule has 0 heterocycles. The number of esters is 1. The molecular formula is C9H13F3N2O3. The third-order valence-corrected chi connectivity index (χ3v) is 1.50. The molecule has 2 amide bonds. The molecule has 0 aromatic carbocycles. The number of halogens is 3. The molecule has 0 bridgehead atoms. The zero-order chi connectivity index (χ0) is 13.6. The third-order valence-electron chi connectivity index (χ3n) is 1.50. The molecule has 0 spiro atoms. The van der Waals surface area contributed by atoms with Gasteiger partial charge in [-0.25, -0.2) is 9.59 Å². The van der Waals surface area contributed by atoms with Crippen molar-refractivity contribution in [1.82, 2.24) is 10.2 Å². The van der Waals surface area contributed by atoms with Gasteiger partial charge in [-0.15, -0.1) is 0 Å². The van der Waals surface area contributed by atoms with Crippen LogP contribution < -0.4 is 5.32 Å². The van der Waals surface area contributed by atoms with Gasteiger partial charge in [0.25, 0.3) is 0 Å². The van der Waals surface area contributed by atoms with Crippen molar-refractivity contribution in [2.75, 3.05) is 20.7 Å². The Morgan fingerprint density at radius 2 is 1.88 bits per heavy atom. The standard InChI is InChI=1S/C9H13F3N2O3/c1-4-17-7(15)5-6(9(10,11)12)13-8(16)14(2)3/h5H,4H2,1-3H3,(H,13,16). The van der Waals surface area contributed by atoms with Crippen LogP contribution in [-0.4, -0.2) is 43.8 Å². The lowest BCUT2D eigenvalue weighted by Gasteiger charge is -2.16. The van der Waals surface area contributed by atoms with E-state index < -0.39 is 23.9 Å². The minimum absolute atomic E-state index is 0.0535. The van der Waals surface area contributed by atoms with E-state index in [4.69, 9.17) is 0 Å². The molecule has 0 unspecified atom stereocenters. The van der Waals surface area contributed by atoms with Crippen molar-refractivity contribution < 1.29 is 27.5 Å². The Hall–Kier alpha value is -1.73. The molecule has 1 N–H and O–H groups in total. The van der Waals surface area contributed by atoms with Crippen molar-refractivity contribution in [3.8, 4) is 0 Å². The van der Waals surface area contributed by atoms with Gasteiger partial charge in [0.15, 0.2) is 0 Å². The zero-order valence-electron chi connectivity index (χ0n) is 9.59. The Bertz CT molecular complexity index is 324. The number of rotatable bonds is 3. The molecule has 0 aromatic heterocycles. The van der Waals surface area contributed by atoms with Crippen LogP contribution in [0.3, 0.4) is 0 Å². The smallest absolute Gasteiger partial charge is 0.431 e. The Labute approximate surface area is 96.2 Å². The summed E-state index contributed by atoms with van der Waals surface area (Å²) in [6.45, 7) is 1.40. The molecular weight excluding hydrogens is 241 g/mol. The summed E-state index contributed by atoms with van der Waals surface area (Å²) in [4.78, 5) is 22.9. The van der Waals surface area contributed by atoms with E-state index >= 15 is 0 Å². The first-order valence-electron chi connectivity index (χ1n) is 4.62. The second-order valence-electron chi connectivity index (χ2n) is 3.13. The van der Waals surface area contributed by atoms with E-state index in [0.717, 1.165) is 4.90 Å². The average molecular weight is 254 g/mol. The topological polar surface area (TPSA) is 58.6 Å². The number of urea groups is 1. The summed E-state index contributed by atoms with van der Waals surface area (Å²) in [6.07, 6.45) is -4.64. The molecule has 5 nitrogen and oxygen atoms in total. The molecule has 0 saturated heterocycles. The van der Waals surface area contributed by atoms with Crippen LogP contribution in [0.25, 0.3) is 0 Å². The van der Waals surface area contributed by atoms with Crippen LogP contribution in [0.15, 0.2) is 11.8 Å². The van der Waals surface area contributed by atoms with Crippen LogP contribution in [0.2, 0.25) is 0 Å². The summed E-state index contributed by atoms with van der Waals surface area (Å²) in [7, 11) is 2.54. The van der Waals surface area contributed by atoms with E-state index in [1.807, 2.05) is 0 Å². The molecule has 0 aromatic rings. The van der Waals surface area contributed by atoms with Crippen molar-refractivity contribution in [3.63, 3.8) is 0 Å². The number of hydrogen-bond acceptors (Lipinski definition) is 3. The second-order valence-corrected chi connectivity index (χ2v) is 3.13. The minimum atomic E-state index is -4.83. The van der Waals surface area contributed by atoms with Crippen molar-refractivity contribution in [3.05, 3.63) is 11.8 Å². The van der Waals surface area contributed by atoms with Gasteiger partial charge in [0.2, 0.25) is 0 Å². The largest absolute Gasteiger partial charge is 0.463 e. The van der Waals surface area contributed by atoms with E-state index in [9.17, 15) is 22.8 Å². The molecule has 0 fully saturated rings. The number of hydrogen-bond donors (Lipinski definition) is 1. The predicted molar refractivity (Wildman–Crippen MR) is 53.0 cm³/mol. The molecule has 0 atom stereocenters.